The first-order chi connectivity index (χ1) is 13.4. The highest BCUT2D eigenvalue weighted by Gasteiger charge is 2.24. The highest BCUT2D eigenvalue weighted by Crippen LogP contribution is 2.13. The molecule has 0 aliphatic heterocycles. The van der Waals surface area contributed by atoms with Crippen LogP contribution in [0.5, 0.6) is 5.75 Å². The number of nitrogens with one attached hydrogen (secondary N) is 2. The summed E-state index contributed by atoms with van der Waals surface area (Å²) in [6.07, 6.45) is 1.52. The zero-order valence-electron chi connectivity index (χ0n) is 16.1. The van der Waals surface area contributed by atoms with Crippen LogP contribution in [0, 0.1) is 5.92 Å². The van der Waals surface area contributed by atoms with Gasteiger partial charge in [-0.2, -0.15) is 5.10 Å². The summed E-state index contributed by atoms with van der Waals surface area (Å²) in [5, 5.41) is 7.17. The molecule has 0 heterocycles. The van der Waals surface area contributed by atoms with E-state index in [1.807, 2.05) is 45.0 Å². The lowest BCUT2D eigenvalue weighted by molar-refractivity contribution is -0.123. The fourth-order valence-electron chi connectivity index (χ4n) is 2.48. The number of nitrogens with zero attached hydrogens (tertiary/aromatic N) is 1. The van der Waals surface area contributed by atoms with Crippen LogP contribution in [-0.2, 0) is 4.79 Å². The number of halogens is 1. The molecule has 28 heavy (non-hydrogen) atoms. The Balaban J connectivity index is 2.00. The maximum atomic E-state index is 12.5. The van der Waals surface area contributed by atoms with E-state index < -0.39 is 11.9 Å². The first-order valence-corrected chi connectivity index (χ1v) is 9.40. The number of ether oxygens (including phenoxy) is 1. The van der Waals surface area contributed by atoms with E-state index >= 15 is 0 Å². The van der Waals surface area contributed by atoms with E-state index in [9.17, 15) is 9.59 Å². The molecule has 6 nitrogen and oxygen atoms in total. The molecule has 148 valence electrons. The molecule has 2 aromatic carbocycles. The van der Waals surface area contributed by atoms with Crippen LogP contribution in [0.4, 0.5) is 0 Å². The smallest absolute Gasteiger partial charge is 0.262 e. The van der Waals surface area contributed by atoms with Crippen molar-refractivity contribution in [2.45, 2.75) is 26.8 Å². The average Bonchev–Trinajstić information content (AvgIpc) is 2.66. The van der Waals surface area contributed by atoms with Gasteiger partial charge < -0.3 is 10.1 Å². The normalized spacial score (nSPS) is 12.0. The van der Waals surface area contributed by atoms with Gasteiger partial charge >= 0.3 is 0 Å². The molecule has 0 saturated heterocycles. The van der Waals surface area contributed by atoms with Gasteiger partial charge in [-0.05, 0) is 48.7 Å². The van der Waals surface area contributed by atoms with Gasteiger partial charge in [-0.3, -0.25) is 9.59 Å². The summed E-state index contributed by atoms with van der Waals surface area (Å²) in [5.41, 5.74) is 3.66. The molecule has 1 unspecified atom stereocenters. The number of carbonyl (C=O) groups excluding carboxylic acids is 2. The van der Waals surface area contributed by atoms with Crippen molar-refractivity contribution in [3.05, 3.63) is 64.7 Å². The first-order valence-electron chi connectivity index (χ1n) is 9.03. The molecule has 2 amide bonds. The predicted molar refractivity (Wildman–Crippen MR) is 111 cm³/mol. The molecule has 7 heteroatoms. The number of rotatable bonds is 8. The molecule has 0 fully saturated rings. The molecule has 0 spiro atoms. The topological polar surface area (TPSA) is 79.8 Å². The summed E-state index contributed by atoms with van der Waals surface area (Å²) in [6.45, 7) is 6.17. The van der Waals surface area contributed by atoms with Crippen LogP contribution < -0.4 is 15.5 Å². The number of hydrazone groups is 1. The van der Waals surface area contributed by atoms with E-state index in [1.165, 1.54) is 6.21 Å². The van der Waals surface area contributed by atoms with Crippen molar-refractivity contribution in [1.82, 2.24) is 10.7 Å². The van der Waals surface area contributed by atoms with Gasteiger partial charge in [0.2, 0.25) is 0 Å². The fourth-order valence-corrected chi connectivity index (χ4v) is 2.67. The van der Waals surface area contributed by atoms with Crippen molar-refractivity contribution in [2.24, 2.45) is 11.0 Å². The van der Waals surface area contributed by atoms with Crippen LogP contribution >= 0.6 is 11.6 Å². The SMILES string of the molecule is CCOc1cccc(C=NNC(=O)C(NC(=O)c2cccc(Cl)c2)C(C)C)c1. The summed E-state index contributed by atoms with van der Waals surface area (Å²) in [7, 11) is 0. The Labute approximate surface area is 169 Å². The third-order valence-corrected chi connectivity index (χ3v) is 4.12. The van der Waals surface area contributed by atoms with Gasteiger partial charge in [0.05, 0.1) is 12.8 Å². The van der Waals surface area contributed by atoms with E-state index in [0.29, 0.717) is 17.2 Å². The Bertz CT molecular complexity index is 852. The van der Waals surface area contributed by atoms with Crippen LogP contribution in [-0.4, -0.2) is 30.7 Å². The molecule has 2 N–H and O–H groups in total. The largest absolute Gasteiger partial charge is 0.494 e. The van der Waals surface area contributed by atoms with E-state index in [0.717, 1.165) is 11.3 Å². The molecule has 1 atom stereocenters. The summed E-state index contributed by atoms with van der Waals surface area (Å²) >= 11 is 5.92. The second kappa shape index (κ2) is 10.5. The van der Waals surface area contributed by atoms with Gasteiger partial charge in [-0.15, -0.1) is 0 Å². The lowest BCUT2D eigenvalue weighted by Crippen LogP contribution is -2.48. The second-order valence-electron chi connectivity index (χ2n) is 6.45. The van der Waals surface area contributed by atoms with Crippen molar-refractivity contribution in [3.8, 4) is 5.75 Å². The molecule has 2 rings (SSSR count). The van der Waals surface area contributed by atoms with Crippen LogP contribution in [0.1, 0.15) is 36.7 Å². The lowest BCUT2D eigenvalue weighted by atomic mass is 10.0. The molecule has 0 aliphatic rings. The summed E-state index contributed by atoms with van der Waals surface area (Å²) in [6, 6.07) is 13.2. The molecular weight excluding hydrogens is 378 g/mol. The second-order valence-corrected chi connectivity index (χ2v) is 6.88. The van der Waals surface area contributed by atoms with E-state index in [1.54, 1.807) is 24.3 Å². The maximum absolute atomic E-state index is 12.5. The van der Waals surface area contributed by atoms with E-state index in [-0.39, 0.29) is 11.8 Å². The molecule has 2 aromatic rings. The minimum atomic E-state index is -0.738. The van der Waals surface area contributed by atoms with Crippen molar-refractivity contribution in [3.63, 3.8) is 0 Å². The summed E-state index contributed by atoms with van der Waals surface area (Å²) in [4.78, 5) is 24.9. The van der Waals surface area contributed by atoms with Crippen molar-refractivity contribution in [1.29, 1.82) is 0 Å². The third-order valence-electron chi connectivity index (χ3n) is 3.88. The quantitative estimate of drug-likeness (QED) is 0.523. The van der Waals surface area contributed by atoms with Crippen LogP contribution in [0.3, 0.4) is 0 Å². The van der Waals surface area contributed by atoms with Gasteiger partial charge in [0.25, 0.3) is 11.8 Å². The van der Waals surface area contributed by atoms with Crippen LogP contribution in [0.25, 0.3) is 0 Å². The standard InChI is InChI=1S/C21H24ClN3O3/c1-4-28-18-10-5-7-15(11-18)13-23-25-21(27)19(14(2)3)24-20(26)16-8-6-9-17(22)12-16/h5-14,19H,4H2,1-3H3,(H,24,26)(H,25,27). The van der Waals surface area contributed by atoms with Crippen molar-refractivity contribution in [2.75, 3.05) is 6.61 Å². The van der Waals surface area contributed by atoms with Gasteiger partial charge in [0.1, 0.15) is 11.8 Å². The molecule has 0 bridgehead atoms. The number of benzene rings is 2. The third kappa shape index (κ3) is 6.39. The Hall–Kier alpha value is -2.86. The van der Waals surface area contributed by atoms with Crippen LogP contribution in [0.2, 0.25) is 5.02 Å². The monoisotopic (exact) mass is 401 g/mol. The molecule has 0 radical (unpaired) electrons. The summed E-state index contributed by atoms with van der Waals surface area (Å²) in [5.74, 6) is -0.168. The van der Waals surface area contributed by atoms with Crippen molar-refractivity contribution >= 4 is 29.6 Å². The zero-order chi connectivity index (χ0) is 20.5. The van der Waals surface area contributed by atoms with Crippen molar-refractivity contribution < 1.29 is 14.3 Å². The number of hydrogen-bond acceptors (Lipinski definition) is 4. The van der Waals surface area contributed by atoms with Gasteiger partial charge in [0, 0.05) is 10.6 Å². The highest BCUT2D eigenvalue weighted by molar-refractivity contribution is 6.31. The molecule has 0 aromatic heterocycles. The van der Waals surface area contributed by atoms with Gasteiger partial charge in [-0.1, -0.05) is 43.6 Å². The number of hydrogen-bond donors (Lipinski definition) is 2. The lowest BCUT2D eigenvalue weighted by Gasteiger charge is -2.20. The Kier molecular flexibility index (Phi) is 8.02. The van der Waals surface area contributed by atoms with E-state index in [2.05, 4.69) is 15.8 Å². The Morgan fingerprint density at radius 1 is 1.18 bits per heavy atom. The zero-order valence-corrected chi connectivity index (χ0v) is 16.9. The minimum Gasteiger partial charge on any atom is -0.494 e. The maximum Gasteiger partial charge on any atom is 0.262 e. The van der Waals surface area contributed by atoms with Gasteiger partial charge in [0.15, 0.2) is 0 Å². The molecular formula is C21H24ClN3O3. The summed E-state index contributed by atoms with van der Waals surface area (Å²) < 4.78 is 5.43. The van der Waals surface area contributed by atoms with Crippen LogP contribution in [0.15, 0.2) is 53.6 Å². The number of amides is 2. The fraction of sp³-hybridized carbons (Fsp3) is 0.286. The minimum absolute atomic E-state index is 0.125. The van der Waals surface area contributed by atoms with E-state index in [4.69, 9.17) is 16.3 Å². The van der Waals surface area contributed by atoms with Gasteiger partial charge in [-0.25, -0.2) is 5.43 Å². The number of carbonyl (C=O) groups is 2. The predicted octanol–water partition coefficient (Wildman–Crippen LogP) is 3.64. The molecule has 0 saturated carbocycles. The Morgan fingerprint density at radius 3 is 2.61 bits per heavy atom. The first kappa shape index (κ1) is 21.4. The highest BCUT2D eigenvalue weighted by atomic mass is 35.5. The average molecular weight is 402 g/mol. The molecule has 0 aliphatic carbocycles. The Morgan fingerprint density at radius 2 is 1.93 bits per heavy atom.